The molecule has 0 radical (unpaired) electrons. The quantitative estimate of drug-likeness (QED) is 0.751. The molecule has 2 aliphatic heterocycles. The van der Waals surface area contributed by atoms with Crippen molar-refractivity contribution in [3.8, 4) is 0 Å². The van der Waals surface area contributed by atoms with E-state index in [1.807, 2.05) is 0 Å². The monoisotopic (exact) mass is 431 g/mol. The molecule has 4 rings (SSSR count). The molecular weight excluding hydrogens is 417 g/mol. The van der Waals surface area contributed by atoms with Crippen LogP contribution < -0.4 is 10.2 Å². The summed E-state index contributed by atoms with van der Waals surface area (Å²) < 4.78 is 0. The van der Waals surface area contributed by atoms with Crippen molar-refractivity contribution in [2.75, 3.05) is 16.8 Å². The summed E-state index contributed by atoms with van der Waals surface area (Å²) in [6, 6.07) is 9.57. The van der Waals surface area contributed by atoms with E-state index in [0.29, 0.717) is 21.4 Å². The highest BCUT2D eigenvalue weighted by Crippen LogP contribution is 2.32. The van der Waals surface area contributed by atoms with Crippen molar-refractivity contribution >= 4 is 52.3 Å². The van der Waals surface area contributed by atoms with Gasteiger partial charge in [-0.2, -0.15) is 5.11 Å². The molecule has 0 aliphatic carbocycles. The van der Waals surface area contributed by atoms with Gasteiger partial charge < -0.3 is 5.32 Å². The van der Waals surface area contributed by atoms with Gasteiger partial charge in [0.2, 0.25) is 5.91 Å². The third-order valence-corrected chi connectivity index (χ3v) is 5.45. The first-order chi connectivity index (χ1) is 13.9. The van der Waals surface area contributed by atoms with Crippen molar-refractivity contribution in [2.24, 2.45) is 10.3 Å². The number of hydrogen-bond donors (Lipinski definition) is 1. The van der Waals surface area contributed by atoms with Crippen LogP contribution in [0.1, 0.15) is 5.56 Å². The molecule has 1 N–H and O–H groups in total. The average Bonchev–Trinajstić information content (AvgIpc) is 3.20. The van der Waals surface area contributed by atoms with Gasteiger partial charge in [0.1, 0.15) is 6.54 Å². The highest BCUT2D eigenvalue weighted by Gasteiger charge is 2.55. The molecule has 29 heavy (non-hydrogen) atoms. The zero-order valence-electron chi connectivity index (χ0n) is 15.2. The Hall–Kier alpha value is -2.97. The van der Waals surface area contributed by atoms with Gasteiger partial charge in [-0.3, -0.25) is 19.4 Å². The zero-order valence-corrected chi connectivity index (χ0v) is 16.7. The summed E-state index contributed by atoms with van der Waals surface area (Å²) in [7, 11) is 0. The lowest BCUT2D eigenvalue weighted by Gasteiger charge is -2.20. The number of benzene rings is 2. The van der Waals surface area contributed by atoms with E-state index < -0.39 is 29.8 Å². The zero-order chi connectivity index (χ0) is 20.7. The Morgan fingerprint density at radius 3 is 2.55 bits per heavy atom. The van der Waals surface area contributed by atoms with Crippen LogP contribution in [0.4, 0.5) is 11.4 Å². The molecule has 1 fully saturated rings. The normalized spacial score (nSPS) is 20.4. The Morgan fingerprint density at radius 2 is 1.83 bits per heavy atom. The molecule has 148 valence electrons. The van der Waals surface area contributed by atoms with Crippen LogP contribution in [0, 0.1) is 6.92 Å². The van der Waals surface area contributed by atoms with E-state index in [2.05, 4.69) is 15.7 Å². The van der Waals surface area contributed by atoms with Crippen molar-refractivity contribution < 1.29 is 14.4 Å². The number of amides is 3. The third-order valence-electron chi connectivity index (χ3n) is 4.79. The molecule has 8 nitrogen and oxygen atoms in total. The van der Waals surface area contributed by atoms with E-state index in [0.717, 1.165) is 10.5 Å². The van der Waals surface area contributed by atoms with Crippen LogP contribution in [-0.4, -0.2) is 41.4 Å². The number of carbonyl (C=O) groups is 3. The first kappa shape index (κ1) is 19.4. The van der Waals surface area contributed by atoms with Gasteiger partial charge in [0.15, 0.2) is 12.1 Å². The predicted octanol–water partition coefficient (Wildman–Crippen LogP) is 3.23. The lowest BCUT2D eigenvalue weighted by atomic mass is 10.1. The number of nitrogens with zero attached hydrogens (tertiary/aromatic N) is 4. The molecular formula is C19H15Cl2N5O3. The summed E-state index contributed by atoms with van der Waals surface area (Å²) in [6.45, 7) is 1.55. The molecule has 2 heterocycles. The maximum Gasteiger partial charge on any atom is 0.263 e. The van der Waals surface area contributed by atoms with Crippen molar-refractivity contribution in [2.45, 2.75) is 19.0 Å². The van der Waals surface area contributed by atoms with Crippen molar-refractivity contribution in [1.29, 1.82) is 0 Å². The number of imide groups is 1. The average molecular weight is 432 g/mol. The van der Waals surface area contributed by atoms with E-state index in [-0.39, 0.29) is 6.54 Å². The van der Waals surface area contributed by atoms with Crippen LogP contribution in [0.5, 0.6) is 0 Å². The fourth-order valence-corrected chi connectivity index (χ4v) is 3.58. The number of anilines is 2. The molecule has 2 aromatic rings. The number of halogens is 2. The number of carbonyl (C=O) groups excluding carboxylic acids is 3. The van der Waals surface area contributed by atoms with E-state index in [1.54, 1.807) is 49.4 Å². The summed E-state index contributed by atoms with van der Waals surface area (Å²) >= 11 is 11.9. The van der Waals surface area contributed by atoms with E-state index in [4.69, 9.17) is 23.2 Å². The van der Waals surface area contributed by atoms with Gasteiger partial charge in [0.05, 0.1) is 5.69 Å². The van der Waals surface area contributed by atoms with Crippen LogP contribution >= 0.6 is 23.2 Å². The first-order valence-electron chi connectivity index (χ1n) is 8.72. The number of hydrogen-bond acceptors (Lipinski definition) is 6. The molecule has 0 spiro atoms. The van der Waals surface area contributed by atoms with E-state index in [9.17, 15) is 14.4 Å². The molecule has 0 aromatic heterocycles. The molecule has 2 aliphatic rings. The number of nitrogens with one attached hydrogen (secondary N) is 1. The lowest BCUT2D eigenvalue weighted by molar-refractivity contribution is -0.123. The van der Waals surface area contributed by atoms with Crippen LogP contribution in [-0.2, 0) is 14.4 Å². The Kier molecular flexibility index (Phi) is 4.97. The second-order valence-electron chi connectivity index (χ2n) is 6.64. The highest BCUT2D eigenvalue weighted by molar-refractivity contribution is 6.32. The largest absolute Gasteiger partial charge is 0.324 e. The SMILES string of the molecule is Cc1c(Cl)cccc1NC(=O)CN1N=N[C@H]2C(=O)N(c3ccc(Cl)cc3)C(=O)[C@@H]21. The van der Waals surface area contributed by atoms with Gasteiger partial charge in [-0.15, -0.1) is 0 Å². The minimum Gasteiger partial charge on any atom is -0.324 e. The van der Waals surface area contributed by atoms with Crippen molar-refractivity contribution in [3.05, 3.63) is 58.1 Å². The molecule has 0 bridgehead atoms. The molecule has 10 heteroatoms. The second-order valence-corrected chi connectivity index (χ2v) is 7.48. The Morgan fingerprint density at radius 1 is 1.10 bits per heavy atom. The van der Waals surface area contributed by atoms with Gasteiger partial charge in [-0.05, 0) is 48.9 Å². The van der Waals surface area contributed by atoms with Gasteiger partial charge >= 0.3 is 0 Å². The summed E-state index contributed by atoms with van der Waals surface area (Å²) in [5.74, 6) is -1.38. The summed E-state index contributed by atoms with van der Waals surface area (Å²) in [5, 5.41) is 12.8. The van der Waals surface area contributed by atoms with E-state index >= 15 is 0 Å². The first-order valence-corrected chi connectivity index (χ1v) is 9.48. The van der Waals surface area contributed by atoms with Crippen LogP contribution in [0.25, 0.3) is 0 Å². The predicted molar refractivity (Wildman–Crippen MR) is 108 cm³/mol. The molecule has 2 aromatic carbocycles. The smallest absolute Gasteiger partial charge is 0.263 e. The van der Waals surface area contributed by atoms with Gasteiger partial charge in [-0.1, -0.05) is 34.5 Å². The van der Waals surface area contributed by atoms with Crippen LogP contribution in [0.15, 0.2) is 52.8 Å². The molecule has 1 saturated heterocycles. The molecule has 3 amide bonds. The van der Waals surface area contributed by atoms with Gasteiger partial charge in [0, 0.05) is 15.7 Å². The Bertz CT molecular complexity index is 1040. The standard InChI is InChI=1S/C19H15Cl2N5O3/c1-10-13(21)3-2-4-14(10)22-15(27)9-25-17-16(23-24-25)18(28)26(19(17)29)12-7-5-11(20)6-8-12/h2-8,16-17H,9H2,1H3,(H,22,27)/t16-,17-/m1/s1. The lowest BCUT2D eigenvalue weighted by Crippen LogP contribution is -2.43. The summed E-state index contributed by atoms with van der Waals surface area (Å²) in [4.78, 5) is 39.1. The number of rotatable bonds is 4. The minimum atomic E-state index is -0.973. The van der Waals surface area contributed by atoms with Gasteiger partial charge in [0.25, 0.3) is 11.8 Å². The highest BCUT2D eigenvalue weighted by atomic mass is 35.5. The molecule has 0 saturated carbocycles. The topological polar surface area (TPSA) is 94.4 Å². The minimum absolute atomic E-state index is 0.232. The third kappa shape index (κ3) is 3.45. The summed E-state index contributed by atoms with van der Waals surface area (Å²) in [6.07, 6.45) is 0. The maximum atomic E-state index is 12.9. The van der Waals surface area contributed by atoms with Crippen LogP contribution in [0.3, 0.4) is 0 Å². The van der Waals surface area contributed by atoms with E-state index in [1.165, 1.54) is 5.01 Å². The van der Waals surface area contributed by atoms with Crippen molar-refractivity contribution in [3.63, 3.8) is 0 Å². The van der Waals surface area contributed by atoms with Gasteiger partial charge in [-0.25, -0.2) is 4.90 Å². The number of fused-ring (bicyclic) bond motifs is 1. The fraction of sp³-hybridized carbons (Fsp3) is 0.211. The fourth-order valence-electron chi connectivity index (χ4n) is 3.28. The Labute approximate surface area is 176 Å². The molecule has 2 atom stereocenters. The summed E-state index contributed by atoms with van der Waals surface area (Å²) in [5.41, 5.74) is 1.68. The van der Waals surface area contributed by atoms with Crippen molar-refractivity contribution in [1.82, 2.24) is 5.01 Å². The Balaban J connectivity index is 1.49. The second kappa shape index (κ2) is 7.46. The molecule has 0 unspecified atom stereocenters. The maximum absolute atomic E-state index is 12.9. The van der Waals surface area contributed by atoms with Crippen LogP contribution in [0.2, 0.25) is 10.0 Å².